The molecule has 0 aliphatic heterocycles. The van der Waals surface area contributed by atoms with E-state index in [9.17, 15) is 0 Å². The number of halogens is 3. The lowest BCUT2D eigenvalue weighted by Crippen LogP contribution is -2.06. The second-order valence-corrected chi connectivity index (χ2v) is 6.66. The molecule has 0 aliphatic carbocycles. The molecule has 0 aliphatic rings. The number of rotatable bonds is 3. The maximum Gasteiger partial charge on any atom is 0.181 e. The molecule has 0 aromatic carbocycles. The average molecular weight is 498 g/mol. The number of hydrogen-bond acceptors (Lipinski definition) is 4. The fourth-order valence-corrected chi connectivity index (χ4v) is 3.13. The van der Waals surface area contributed by atoms with Crippen molar-refractivity contribution in [2.24, 2.45) is 0 Å². The molecule has 2 aromatic rings. The number of anilines is 1. The zero-order valence-electron chi connectivity index (χ0n) is 10.3. The van der Waals surface area contributed by atoms with Crippen LogP contribution >= 0.6 is 54.5 Å². The van der Waals surface area contributed by atoms with Gasteiger partial charge in [-0.05, 0) is 74.4 Å². The number of pyridine rings is 1. The molecule has 0 radical (unpaired) electrons. The number of aryl methyl sites for hydroxylation is 1. The van der Waals surface area contributed by atoms with Crippen molar-refractivity contribution in [3.63, 3.8) is 0 Å². The number of nitrogens with zero attached hydrogens (tertiary/aromatic N) is 3. The van der Waals surface area contributed by atoms with Crippen molar-refractivity contribution in [1.29, 1.82) is 0 Å². The van der Waals surface area contributed by atoms with Crippen molar-refractivity contribution >= 4 is 60.3 Å². The molecule has 0 saturated heterocycles. The molecule has 4 nitrogen and oxygen atoms in total. The summed E-state index contributed by atoms with van der Waals surface area (Å²) < 4.78 is 2.82. The minimum atomic E-state index is 0.619. The average Bonchev–Trinajstić information content (AvgIpc) is 2.35. The highest BCUT2D eigenvalue weighted by Crippen LogP contribution is 2.28. The van der Waals surface area contributed by atoms with E-state index >= 15 is 0 Å². The Kier molecular flexibility index (Phi) is 5.13. The lowest BCUT2D eigenvalue weighted by atomic mass is 10.3. The van der Waals surface area contributed by atoms with E-state index in [0.29, 0.717) is 5.82 Å². The molecule has 0 unspecified atom stereocenters. The topological polar surface area (TPSA) is 50.7 Å². The van der Waals surface area contributed by atoms with Crippen LogP contribution in [-0.2, 0) is 0 Å². The number of aromatic nitrogens is 3. The maximum atomic E-state index is 4.55. The largest absolute Gasteiger partial charge is 0.369 e. The van der Waals surface area contributed by atoms with E-state index in [2.05, 4.69) is 74.7 Å². The van der Waals surface area contributed by atoms with Gasteiger partial charge in [0, 0.05) is 21.7 Å². The Morgan fingerprint density at radius 3 is 2.68 bits per heavy atom. The highest BCUT2D eigenvalue weighted by molar-refractivity contribution is 14.1. The van der Waals surface area contributed by atoms with Crippen LogP contribution in [0.3, 0.4) is 0 Å². The Balaban J connectivity index is 2.56. The molecule has 19 heavy (non-hydrogen) atoms. The first-order valence-corrected chi connectivity index (χ1v) is 8.28. The maximum absolute atomic E-state index is 4.55. The first kappa shape index (κ1) is 15.1. The minimum absolute atomic E-state index is 0.619. The van der Waals surface area contributed by atoms with Crippen molar-refractivity contribution in [2.45, 2.75) is 13.8 Å². The second kappa shape index (κ2) is 6.45. The molecular weight excluding hydrogens is 487 g/mol. The fraction of sp³-hybridized carbons (Fsp3) is 0.250. The van der Waals surface area contributed by atoms with Gasteiger partial charge in [-0.15, -0.1) is 0 Å². The molecule has 7 heteroatoms. The van der Waals surface area contributed by atoms with Crippen molar-refractivity contribution in [3.05, 3.63) is 30.5 Å². The highest BCUT2D eigenvalue weighted by atomic mass is 127. The Labute approximate surface area is 142 Å². The first-order chi connectivity index (χ1) is 9.02. The smallest absolute Gasteiger partial charge is 0.181 e. The minimum Gasteiger partial charge on any atom is -0.369 e. The molecule has 0 fully saturated rings. The molecular formula is C12H11Br2IN4. The van der Waals surface area contributed by atoms with Gasteiger partial charge in [0.2, 0.25) is 0 Å². The molecule has 0 atom stereocenters. The normalized spacial score (nSPS) is 10.6. The van der Waals surface area contributed by atoms with Crippen LogP contribution in [-0.4, -0.2) is 21.5 Å². The van der Waals surface area contributed by atoms with Gasteiger partial charge in [-0.3, -0.25) is 4.98 Å². The van der Waals surface area contributed by atoms with Gasteiger partial charge in [-0.1, -0.05) is 0 Å². The lowest BCUT2D eigenvalue weighted by molar-refractivity contribution is 1.05. The van der Waals surface area contributed by atoms with Gasteiger partial charge in [0.05, 0.1) is 9.26 Å². The Morgan fingerprint density at radius 1 is 1.32 bits per heavy atom. The first-order valence-electron chi connectivity index (χ1n) is 5.62. The van der Waals surface area contributed by atoms with E-state index in [0.717, 1.165) is 36.3 Å². The van der Waals surface area contributed by atoms with Crippen LogP contribution in [0.4, 0.5) is 5.82 Å². The summed E-state index contributed by atoms with van der Waals surface area (Å²) in [5.74, 6) is 1.47. The summed E-state index contributed by atoms with van der Waals surface area (Å²) in [6.45, 7) is 4.84. The second-order valence-electron chi connectivity index (χ2n) is 3.81. The summed E-state index contributed by atoms with van der Waals surface area (Å²) in [4.78, 5) is 13.4. The predicted molar refractivity (Wildman–Crippen MR) is 92.3 cm³/mol. The van der Waals surface area contributed by atoms with E-state index in [-0.39, 0.29) is 0 Å². The third kappa shape index (κ3) is 3.43. The molecule has 2 aromatic heterocycles. The van der Waals surface area contributed by atoms with Crippen LogP contribution < -0.4 is 5.32 Å². The van der Waals surface area contributed by atoms with Crippen molar-refractivity contribution in [3.8, 4) is 11.5 Å². The van der Waals surface area contributed by atoms with Crippen LogP contribution in [0.15, 0.2) is 21.2 Å². The predicted octanol–water partition coefficient (Wildman–Crippen LogP) is 4.41. The van der Waals surface area contributed by atoms with Gasteiger partial charge >= 0.3 is 0 Å². The third-order valence-electron chi connectivity index (χ3n) is 2.38. The highest BCUT2D eigenvalue weighted by Gasteiger charge is 2.13. The van der Waals surface area contributed by atoms with Gasteiger partial charge in [-0.2, -0.15) is 0 Å². The quantitative estimate of drug-likeness (QED) is 0.638. The van der Waals surface area contributed by atoms with E-state index in [4.69, 9.17) is 0 Å². The fourth-order valence-electron chi connectivity index (χ4n) is 1.53. The van der Waals surface area contributed by atoms with E-state index in [1.165, 1.54) is 0 Å². The Morgan fingerprint density at radius 2 is 2.05 bits per heavy atom. The van der Waals surface area contributed by atoms with Crippen LogP contribution in [0.2, 0.25) is 0 Å². The Bertz CT molecular complexity index is 619. The van der Waals surface area contributed by atoms with Gasteiger partial charge < -0.3 is 5.32 Å². The summed E-state index contributed by atoms with van der Waals surface area (Å²) in [5.41, 5.74) is 1.68. The number of hydrogen-bond donors (Lipinski definition) is 1. The van der Waals surface area contributed by atoms with Gasteiger partial charge in [0.1, 0.15) is 11.5 Å². The Hall–Kier alpha value is -0.280. The summed E-state index contributed by atoms with van der Waals surface area (Å²) in [6, 6.07) is 1.94. The summed E-state index contributed by atoms with van der Waals surface area (Å²) in [5, 5.41) is 3.25. The summed E-state index contributed by atoms with van der Waals surface area (Å²) in [6.07, 6.45) is 1.74. The van der Waals surface area contributed by atoms with Crippen molar-refractivity contribution < 1.29 is 0 Å². The van der Waals surface area contributed by atoms with Crippen LogP contribution in [0.1, 0.15) is 12.6 Å². The van der Waals surface area contributed by atoms with Crippen LogP contribution in [0.25, 0.3) is 11.5 Å². The molecule has 0 spiro atoms. The van der Waals surface area contributed by atoms with Crippen LogP contribution in [0, 0.1) is 10.5 Å². The molecule has 0 saturated carbocycles. The molecule has 0 amide bonds. The van der Waals surface area contributed by atoms with Gasteiger partial charge in [0.25, 0.3) is 0 Å². The monoisotopic (exact) mass is 496 g/mol. The van der Waals surface area contributed by atoms with E-state index < -0.39 is 0 Å². The molecule has 2 heterocycles. The standard InChI is InChI=1S/C12H11Br2IN4/c1-3-16-11-9(15)6(2)18-12(19-11)10-8(14)4-7(13)5-17-10/h4-5H,3H2,1-2H3,(H,16,18,19). The number of nitrogens with one attached hydrogen (secondary N) is 1. The van der Waals surface area contributed by atoms with E-state index in [1.807, 2.05) is 19.9 Å². The van der Waals surface area contributed by atoms with E-state index in [1.54, 1.807) is 6.20 Å². The summed E-state index contributed by atoms with van der Waals surface area (Å²) >= 11 is 9.13. The molecule has 0 bridgehead atoms. The van der Waals surface area contributed by atoms with Gasteiger partial charge in [0.15, 0.2) is 5.82 Å². The molecule has 2 rings (SSSR count). The lowest BCUT2D eigenvalue weighted by Gasteiger charge is -2.10. The van der Waals surface area contributed by atoms with Crippen molar-refractivity contribution in [2.75, 3.05) is 11.9 Å². The zero-order valence-corrected chi connectivity index (χ0v) is 15.7. The zero-order chi connectivity index (χ0) is 14.0. The molecule has 1 N–H and O–H groups in total. The SMILES string of the molecule is CCNc1nc(-c2ncc(Br)cc2Br)nc(C)c1I. The van der Waals surface area contributed by atoms with Crippen LogP contribution in [0.5, 0.6) is 0 Å². The molecule has 100 valence electrons. The van der Waals surface area contributed by atoms with Gasteiger partial charge in [-0.25, -0.2) is 9.97 Å². The third-order valence-corrected chi connectivity index (χ3v) is 4.71. The van der Waals surface area contributed by atoms with Crippen molar-refractivity contribution in [1.82, 2.24) is 15.0 Å². The summed E-state index contributed by atoms with van der Waals surface area (Å²) in [7, 11) is 0.